The molecule has 2 heterocycles. The lowest BCUT2D eigenvalue weighted by atomic mass is 9.79. The third kappa shape index (κ3) is 2.72. The van der Waals surface area contributed by atoms with Crippen molar-refractivity contribution in [3.63, 3.8) is 0 Å². The number of aliphatic hydroxyl groups excluding tert-OH is 1. The standard InChI is InChI=1S/C12H18N2O4S/c1-18-10-3-2-9(6-14-10)11(15)12(7-13)4-5-19(16,17)8-12/h2-3,6,11,15H,4-5,7-8,13H2,1H3. The second-order valence-electron chi connectivity index (χ2n) is 4.94. The van der Waals surface area contributed by atoms with Gasteiger partial charge in [-0.2, -0.15) is 0 Å². The van der Waals surface area contributed by atoms with E-state index >= 15 is 0 Å². The number of sulfone groups is 1. The van der Waals surface area contributed by atoms with Crippen LogP contribution in [0.4, 0.5) is 0 Å². The largest absolute Gasteiger partial charge is 0.481 e. The van der Waals surface area contributed by atoms with E-state index in [9.17, 15) is 13.5 Å². The Labute approximate surface area is 112 Å². The maximum absolute atomic E-state index is 11.6. The van der Waals surface area contributed by atoms with Crippen molar-refractivity contribution >= 4 is 9.84 Å². The molecule has 2 atom stereocenters. The Balaban J connectivity index is 2.28. The highest BCUT2D eigenvalue weighted by Crippen LogP contribution is 2.42. The van der Waals surface area contributed by atoms with Crippen molar-refractivity contribution in [2.75, 3.05) is 25.2 Å². The highest BCUT2D eigenvalue weighted by atomic mass is 32.2. The van der Waals surface area contributed by atoms with Gasteiger partial charge in [-0.15, -0.1) is 0 Å². The highest BCUT2D eigenvalue weighted by Gasteiger charge is 2.47. The SMILES string of the molecule is COc1ccc(C(O)C2(CN)CCS(=O)(=O)C2)cn1. The number of aliphatic hydroxyl groups is 1. The number of methoxy groups -OCH3 is 1. The molecule has 0 saturated carbocycles. The van der Waals surface area contributed by atoms with E-state index in [0.717, 1.165) is 0 Å². The number of nitrogens with two attached hydrogens (primary N) is 1. The molecular formula is C12H18N2O4S. The predicted molar refractivity (Wildman–Crippen MR) is 70.5 cm³/mol. The van der Waals surface area contributed by atoms with Gasteiger partial charge in [0, 0.05) is 24.2 Å². The van der Waals surface area contributed by atoms with E-state index in [0.29, 0.717) is 17.9 Å². The first-order valence-electron chi connectivity index (χ1n) is 6.01. The molecule has 1 aliphatic heterocycles. The molecular weight excluding hydrogens is 268 g/mol. The lowest BCUT2D eigenvalue weighted by Gasteiger charge is -2.31. The molecule has 2 unspecified atom stereocenters. The summed E-state index contributed by atoms with van der Waals surface area (Å²) in [5.74, 6) is 0.436. The zero-order chi connectivity index (χ0) is 14.1. The number of hydrogen-bond acceptors (Lipinski definition) is 6. The summed E-state index contributed by atoms with van der Waals surface area (Å²) >= 11 is 0. The van der Waals surface area contributed by atoms with Crippen LogP contribution in [0, 0.1) is 5.41 Å². The Bertz CT molecular complexity index is 543. The first kappa shape index (κ1) is 14.2. The fourth-order valence-electron chi connectivity index (χ4n) is 2.46. The Morgan fingerprint density at radius 3 is 2.74 bits per heavy atom. The van der Waals surface area contributed by atoms with Gasteiger partial charge in [0.05, 0.1) is 24.7 Å². The minimum atomic E-state index is -3.12. The summed E-state index contributed by atoms with van der Waals surface area (Å²) in [4.78, 5) is 4.02. The Hall–Kier alpha value is -1.18. The minimum absolute atomic E-state index is 0.0742. The van der Waals surface area contributed by atoms with Crippen molar-refractivity contribution < 1.29 is 18.3 Å². The first-order valence-corrected chi connectivity index (χ1v) is 7.83. The number of nitrogens with zero attached hydrogens (tertiary/aromatic N) is 1. The second kappa shape index (κ2) is 5.07. The number of ether oxygens (including phenoxy) is 1. The summed E-state index contributed by atoms with van der Waals surface area (Å²) in [6.07, 6.45) is 0.929. The van der Waals surface area contributed by atoms with Crippen LogP contribution < -0.4 is 10.5 Å². The molecule has 106 valence electrons. The number of rotatable bonds is 4. The van der Waals surface area contributed by atoms with E-state index in [1.807, 2.05) is 0 Å². The fraction of sp³-hybridized carbons (Fsp3) is 0.583. The molecule has 0 aliphatic carbocycles. The van der Waals surface area contributed by atoms with Crippen LogP contribution in [0.2, 0.25) is 0 Å². The molecule has 1 aromatic heterocycles. The van der Waals surface area contributed by atoms with E-state index in [1.165, 1.54) is 13.3 Å². The van der Waals surface area contributed by atoms with Crippen molar-refractivity contribution in [1.82, 2.24) is 4.98 Å². The summed E-state index contributed by atoms with van der Waals surface area (Å²) in [7, 11) is -1.61. The third-order valence-electron chi connectivity index (χ3n) is 3.69. The molecule has 0 spiro atoms. The average molecular weight is 286 g/mol. The van der Waals surface area contributed by atoms with Crippen LogP contribution in [-0.4, -0.2) is 43.7 Å². The maximum Gasteiger partial charge on any atom is 0.212 e. The van der Waals surface area contributed by atoms with Crippen LogP contribution in [-0.2, 0) is 9.84 Å². The highest BCUT2D eigenvalue weighted by molar-refractivity contribution is 7.91. The Morgan fingerprint density at radius 1 is 1.58 bits per heavy atom. The van der Waals surface area contributed by atoms with Crippen LogP contribution in [0.3, 0.4) is 0 Å². The van der Waals surface area contributed by atoms with Crippen LogP contribution in [0.25, 0.3) is 0 Å². The lowest BCUT2D eigenvalue weighted by molar-refractivity contribution is 0.0468. The molecule has 0 radical (unpaired) electrons. The quantitative estimate of drug-likeness (QED) is 0.800. The third-order valence-corrected chi connectivity index (χ3v) is 5.53. The molecule has 0 bridgehead atoms. The summed E-state index contributed by atoms with van der Waals surface area (Å²) in [6.45, 7) is 0.124. The molecule has 19 heavy (non-hydrogen) atoms. The van der Waals surface area contributed by atoms with Gasteiger partial charge in [-0.05, 0) is 18.1 Å². The van der Waals surface area contributed by atoms with Gasteiger partial charge in [0.2, 0.25) is 5.88 Å². The van der Waals surface area contributed by atoms with Crippen LogP contribution >= 0.6 is 0 Å². The predicted octanol–water partition coefficient (Wildman–Crippen LogP) is -0.113. The zero-order valence-corrected chi connectivity index (χ0v) is 11.6. The van der Waals surface area contributed by atoms with E-state index in [-0.39, 0.29) is 18.1 Å². The van der Waals surface area contributed by atoms with Crippen molar-refractivity contribution in [2.45, 2.75) is 12.5 Å². The molecule has 1 fully saturated rings. The summed E-state index contributed by atoms with van der Waals surface area (Å²) in [5.41, 5.74) is 5.46. The van der Waals surface area contributed by atoms with Gasteiger partial charge in [-0.1, -0.05) is 0 Å². The average Bonchev–Trinajstić information content (AvgIpc) is 2.75. The molecule has 2 rings (SSSR count). The van der Waals surface area contributed by atoms with E-state index in [1.54, 1.807) is 12.1 Å². The number of hydrogen-bond donors (Lipinski definition) is 2. The topological polar surface area (TPSA) is 103 Å². The second-order valence-corrected chi connectivity index (χ2v) is 7.13. The number of aromatic nitrogens is 1. The summed E-state index contributed by atoms with van der Waals surface area (Å²) < 4.78 is 28.2. The monoisotopic (exact) mass is 286 g/mol. The van der Waals surface area contributed by atoms with Gasteiger partial charge in [0.1, 0.15) is 0 Å². The molecule has 0 aromatic carbocycles. The molecule has 1 saturated heterocycles. The van der Waals surface area contributed by atoms with Crippen LogP contribution in [0.5, 0.6) is 5.88 Å². The smallest absolute Gasteiger partial charge is 0.212 e. The lowest BCUT2D eigenvalue weighted by Crippen LogP contribution is -2.38. The molecule has 7 heteroatoms. The van der Waals surface area contributed by atoms with Gasteiger partial charge in [0.25, 0.3) is 0 Å². The zero-order valence-electron chi connectivity index (χ0n) is 10.7. The van der Waals surface area contributed by atoms with Crippen LogP contribution in [0.1, 0.15) is 18.1 Å². The molecule has 1 aromatic rings. The van der Waals surface area contributed by atoms with E-state index in [4.69, 9.17) is 10.5 Å². The molecule has 3 N–H and O–H groups in total. The molecule has 0 amide bonds. The Morgan fingerprint density at radius 2 is 2.32 bits per heavy atom. The summed E-state index contributed by atoms with van der Waals surface area (Å²) in [6, 6.07) is 3.31. The first-order chi connectivity index (χ1) is 8.92. The Kier molecular flexibility index (Phi) is 3.80. The molecule has 6 nitrogen and oxygen atoms in total. The van der Waals surface area contributed by atoms with E-state index in [2.05, 4.69) is 4.98 Å². The van der Waals surface area contributed by atoms with Gasteiger partial charge in [-0.25, -0.2) is 13.4 Å². The maximum atomic E-state index is 11.6. The van der Waals surface area contributed by atoms with Crippen molar-refractivity contribution in [1.29, 1.82) is 0 Å². The van der Waals surface area contributed by atoms with Crippen molar-refractivity contribution in [3.8, 4) is 5.88 Å². The minimum Gasteiger partial charge on any atom is -0.481 e. The molecule has 1 aliphatic rings. The van der Waals surface area contributed by atoms with Crippen molar-refractivity contribution in [2.24, 2.45) is 11.1 Å². The van der Waals surface area contributed by atoms with Gasteiger partial charge in [0.15, 0.2) is 9.84 Å². The van der Waals surface area contributed by atoms with Gasteiger partial charge in [-0.3, -0.25) is 0 Å². The normalized spacial score (nSPS) is 27.1. The number of pyridine rings is 1. The van der Waals surface area contributed by atoms with Crippen molar-refractivity contribution in [3.05, 3.63) is 23.9 Å². The fourth-order valence-corrected chi connectivity index (χ4v) is 4.61. The van der Waals surface area contributed by atoms with E-state index < -0.39 is 21.4 Å². The summed E-state index contributed by atoms with van der Waals surface area (Å²) in [5, 5.41) is 10.4. The van der Waals surface area contributed by atoms with Gasteiger partial charge < -0.3 is 15.6 Å². The van der Waals surface area contributed by atoms with Gasteiger partial charge >= 0.3 is 0 Å². The van der Waals surface area contributed by atoms with Crippen LogP contribution in [0.15, 0.2) is 18.3 Å².